The largest absolute Gasteiger partial charge is 0.496 e. The fourth-order valence-electron chi connectivity index (χ4n) is 6.48. The highest BCUT2D eigenvalue weighted by molar-refractivity contribution is 5.89. The summed E-state index contributed by atoms with van der Waals surface area (Å²) in [6.45, 7) is 13.1. The zero-order valence-electron chi connectivity index (χ0n) is 26.6. The average molecular weight is 587 g/mol. The standard InChI is InChI=1S/C36H46N2O5/c1-35(2,3)26-19-20-27(42-7)25(21-26)22-37-29-28(36(4,5)6)31(34(40)41)38(30(29)23-15-11-9-12-16-23)33(39)32(43-8)24-17-13-10-14-18-24/h9-21,28-32,37H,22H2,1-8H3,(H,40,41)/t28-,29-,30+,31+,32-/m1/s1. The van der Waals surface area contributed by atoms with Gasteiger partial charge in [0.1, 0.15) is 11.8 Å². The lowest BCUT2D eigenvalue weighted by atomic mass is 9.72. The molecule has 5 atom stereocenters. The second-order valence-electron chi connectivity index (χ2n) is 13.5. The lowest BCUT2D eigenvalue weighted by Gasteiger charge is -2.35. The number of rotatable bonds is 9. The van der Waals surface area contributed by atoms with Gasteiger partial charge >= 0.3 is 5.97 Å². The van der Waals surface area contributed by atoms with Gasteiger partial charge in [0.15, 0.2) is 6.10 Å². The number of ether oxygens (including phenoxy) is 2. The monoisotopic (exact) mass is 586 g/mol. The number of likely N-dealkylation sites (tertiary alicyclic amines) is 1. The summed E-state index contributed by atoms with van der Waals surface area (Å²) in [5.74, 6) is -1.08. The van der Waals surface area contributed by atoms with Gasteiger partial charge in [0.25, 0.3) is 5.91 Å². The van der Waals surface area contributed by atoms with Gasteiger partial charge in [-0.05, 0) is 33.6 Å². The number of hydrogen-bond donors (Lipinski definition) is 2. The van der Waals surface area contributed by atoms with Crippen LogP contribution in [-0.2, 0) is 26.3 Å². The van der Waals surface area contributed by atoms with Crippen LogP contribution in [0.15, 0.2) is 78.9 Å². The van der Waals surface area contributed by atoms with Crippen molar-refractivity contribution in [2.75, 3.05) is 14.2 Å². The Balaban J connectivity index is 1.86. The molecule has 1 heterocycles. The summed E-state index contributed by atoms with van der Waals surface area (Å²) in [7, 11) is 3.15. The maximum Gasteiger partial charge on any atom is 0.326 e. The van der Waals surface area contributed by atoms with Gasteiger partial charge < -0.3 is 24.8 Å². The van der Waals surface area contributed by atoms with Crippen molar-refractivity contribution in [2.45, 2.75) is 77.7 Å². The van der Waals surface area contributed by atoms with Gasteiger partial charge in [-0.15, -0.1) is 0 Å². The number of methoxy groups -OCH3 is 2. The highest BCUT2D eigenvalue weighted by atomic mass is 16.5. The Bertz CT molecular complexity index is 1390. The Morgan fingerprint density at radius 1 is 0.907 bits per heavy atom. The van der Waals surface area contributed by atoms with E-state index in [1.165, 1.54) is 12.7 Å². The maximum absolute atomic E-state index is 14.5. The van der Waals surface area contributed by atoms with E-state index in [0.717, 1.165) is 16.9 Å². The molecular formula is C36H46N2O5. The summed E-state index contributed by atoms with van der Waals surface area (Å²) >= 11 is 0. The van der Waals surface area contributed by atoms with Gasteiger partial charge in [0.2, 0.25) is 0 Å². The van der Waals surface area contributed by atoms with E-state index in [-0.39, 0.29) is 17.4 Å². The number of carboxylic acids is 1. The number of aliphatic carboxylic acids is 1. The van der Waals surface area contributed by atoms with Crippen LogP contribution < -0.4 is 10.1 Å². The molecule has 1 fully saturated rings. The molecule has 230 valence electrons. The van der Waals surface area contributed by atoms with Crippen LogP contribution in [0.3, 0.4) is 0 Å². The van der Waals surface area contributed by atoms with E-state index in [4.69, 9.17) is 9.47 Å². The summed E-state index contributed by atoms with van der Waals surface area (Å²) in [5, 5.41) is 14.5. The molecule has 1 amide bonds. The molecule has 2 N–H and O–H groups in total. The summed E-state index contributed by atoms with van der Waals surface area (Å²) in [6.07, 6.45) is -0.947. The number of carbonyl (C=O) groups excluding carboxylic acids is 1. The molecule has 0 radical (unpaired) electrons. The molecule has 43 heavy (non-hydrogen) atoms. The minimum Gasteiger partial charge on any atom is -0.496 e. The summed E-state index contributed by atoms with van der Waals surface area (Å²) in [5.41, 5.74) is 3.18. The molecule has 0 spiro atoms. The minimum atomic E-state index is -1.08. The quantitative estimate of drug-likeness (QED) is 0.296. The molecule has 3 aromatic rings. The molecular weight excluding hydrogens is 540 g/mol. The highest BCUT2D eigenvalue weighted by Crippen LogP contribution is 2.49. The van der Waals surface area contributed by atoms with E-state index in [2.05, 4.69) is 38.2 Å². The SMILES string of the molecule is COc1ccc(C(C)(C)C)cc1CN[C@@H]1[C@@H](C(C)(C)C)[C@@H](C(=O)O)N(C(=O)[C@H](OC)c2ccccc2)[C@H]1c1ccccc1. The van der Waals surface area contributed by atoms with Crippen LogP contribution in [0.5, 0.6) is 5.75 Å². The first-order chi connectivity index (χ1) is 20.3. The second kappa shape index (κ2) is 12.9. The maximum atomic E-state index is 14.5. The Hall–Kier alpha value is -3.68. The predicted octanol–water partition coefficient (Wildman–Crippen LogP) is 6.54. The van der Waals surface area contributed by atoms with Crippen LogP contribution in [0.2, 0.25) is 0 Å². The number of benzene rings is 3. The first-order valence-corrected chi connectivity index (χ1v) is 14.9. The molecule has 1 aliphatic heterocycles. The molecule has 7 nitrogen and oxygen atoms in total. The molecule has 0 unspecified atom stereocenters. The van der Waals surface area contributed by atoms with Crippen LogP contribution in [0.4, 0.5) is 0 Å². The number of nitrogens with zero attached hydrogens (tertiary/aromatic N) is 1. The van der Waals surface area contributed by atoms with Crippen molar-refractivity contribution < 1.29 is 24.2 Å². The van der Waals surface area contributed by atoms with Gasteiger partial charge in [0, 0.05) is 31.2 Å². The van der Waals surface area contributed by atoms with E-state index >= 15 is 0 Å². The first-order valence-electron chi connectivity index (χ1n) is 14.9. The van der Waals surface area contributed by atoms with Gasteiger partial charge in [-0.1, -0.05) is 114 Å². The van der Waals surface area contributed by atoms with E-state index in [9.17, 15) is 14.7 Å². The fraction of sp³-hybridized carbons (Fsp3) is 0.444. The number of carbonyl (C=O) groups is 2. The van der Waals surface area contributed by atoms with Crippen LogP contribution >= 0.6 is 0 Å². The zero-order valence-corrected chi connectivity index (χ0v) is 26.6. The lowest BCUT2D eigenvalue weighted by Crippen LogP contribution is -2.49. The van der Waals surface area contributed by atoms with Crippen LogP contribution in [0.25, 0.3) is 0 Å². The molecule has 1 saturated heterocycles. The summed E-state index contributed by atoms with van der Waals surface area (Å²) in [4.78, 5) is 29.3. The van der Waals surface area contributed by atoms with Crippen molar-refractivity contribution in [3.8, 4) is 5.75 Å². The topological polar surface area (TPSA) is 88.1 Å². The number of amides is 1. The van der Waals surface area contributed by atoms with Gasteiger partial charge in [-0.2, -0.15) is 0 Å². The molecule has 0 aliphatic carbocycles. The van der Waals surface area contributed by atoms with Crippen molar-refractivity contribution in [2.24, 2.45) is 11.3 Å². The van der Waals surface area contributed by atoms with Crippen LogP contribution in [0, 0.1) is 11.3 Å². The van der Waals surface area contributed by atoms with Gasteiger partial charge in [-0.3, -0.25) is 4.79 Å². The Labute approximate surface area is 256 Å². The zero-order chi connectivity index (χ0) is 31.5. The fourth-order valence-corrected chi connectivity index (χ4v) is 6.48. The van der Waals surface area contributed by atoms with Crippen LogP contribution in [-0.4, -0.2) is 48.2 Å². The Kier molecular flexibility index (Phi) is 9.67. The van der Waals surface area contributed by atoms with E-state index in [0.29, 0.717) is 12.1 Å². The third-order valence-electron chi connectivity index (χ3n) is 8.55. The second-order valence-corrected chi connectivity index (χ2v) is 13.5. The highest BCUT2D eigenvalue weighted by Gasteiger charge is 2.58. The summed E-state index contributed by atoms with van der Waals surface area (Å²) < 4.78 is 11.5. The van der Waals surface area contributed by atoms with Crippen LogP contribution in [0.1, 0.15) is 75.9 Å². The predicted molar refractivity (Wildman–Crippen MR) is 169 cm³/mol. The third kappa shape index (κ3) is 6.78. The van der Waals surface area contributed by atoms with Crippen molar-refractivity contribution in [1.29, 1.82) is 0 Å². The minimum absolute atomic E-state index is 0.0564. The molecule has 7 heteroatoms. The van der Waals surface area contributed by atoms with E-state index in [1.807, 2.05) is 87.5 Å². The molecule has 4 rings (SSSR count). The van der Waals surface area contributed by atoms with Crippen molar-refractivity contribution in [1.82, 2.24) is 10.2 Å². The van der Waals surface area contributed by atoms with Crippen molar-refractivity contribution in [3.63, 3.8) is 0 Å². The number of carboxylic acid groups (broad SMARTS) is 1. The molecule has 0 saturated carbocycles. The van der Waals surface area contributed by atoms with E-state index < -0.39 is 35.5 Å². The number of nitrogens with one attached hydrogen (secondary N) is 1. The molecule has 1 aliphatic rings. The average Bonchev–Trinajstić information content (AvgIpc) is 3.33. The van der Waals surface area contributed by atoms with E-state index in [1.54, 1.807) is 12.0 Å². The van der Waals surface area contributed by atoms with Crippen molar-refractivity contribution in [3.05, 3.63) is 101 Å². The van der Waals surface area contributed by atoms with Gasteiger partial charge in [0.05, 0.1) is 13.2 Å². The lowest BCUT2D eigenvalue weighted by molar-refractivity contribution is -0.157. The Morgan fingerprint density at radius 2 is 1.51 bits per heavy atom. The smallest absolute Gasteiger partial charge is 0.326 e. The molecule has 0 bridgehead atoms. The Morgan fingerprint density at radius 3 is 2.02 bits per heavy atom. The third-order valence-corrected chi connectivity index (χ3v) is 8.55. The first kappa shape index (κ1) is 32.2. The van der Waals surface area contributed by atoms with Crippen molar-refractivity contribution >= 4 is 11.9 Å². The molecule has 3 aromatic carbocycles. The molecule has 0 aromatic heterocycles. The number of hydrogen-bond acceptors (Lipinski definition) is 5. The normalized spacial score (nSPS) is 21.4. The summed E-state index contributed by atoms with van der Waals surface area (Å²) in [6, 6.07) is 23.2. The van der Waals surface area contributed by atoms with Gasteiger partial charge in [-0.25, -0.2) is 4.79 Å².